The number of hydrogen-bond donors (Lipinski definition) is 1. The minimum atomic E-state index is -3.69. The predicted octanol–water partition coefficient (Wildman–Crippen LogP) is 2.13. The van der Waals surface area contributed by atoms with Gasteiger partial charge in [0.1, 0.15) is 11.4 Å². The number of rotatable bonds is 5. The van der Waals surface area contributed by atoms with Crippen molar-refractivity contribution in [2.24, 2.45) is 0 Å². The molecule has 0 aliphatic carbocycles. The van der Waals surface area contributed by atoms with Crippen LogP contribution in [0.3, 0.4) is 0 Å². The average Bonchev–Trinajstić information content (AvgIpc) is 2.68. The van der Waals surface area contributed by atoms with E-state index >= 15 is 0 Å². The van der Waals surface area contributed by atoms with Gasteiger partial charge >= 0.3 is 0 Å². The molecule has 0 radical (unpaired) electrons. The summed E-state index contributed by atoms with van der Waals surface area (Å²) < 4.78 is 38.6. The molecular formula is C22H26FN3O4S. The fraction of sp³-hybridized carbons (Fsp3) is 0.364. The van der Waals surface area contributed by atoms with Crippen molar-refractivity contribution in [2.75, 3.05) is 24.2 Å². The van der Waals surface area contributed by atoms with E-state index in [4.69, 9.17) is 0 Å². The van der Waals surface area contributed by atoms with Gasteiger partial charge in [-0.15, -0.1) is 0 Å². The maximum Gasteiger partial charge on any atom is 0.247 e. The standard InChI is InChI=1S/C22H26FN3O4S/c1-15-5-6-16(2)19(11-15)26-20(27)13-25(31(4,29)30)14-22(26,3)21(28)24-12-17-7-9-18(23)10-8-17/h5-11H,12-14H2,1-4H3,(H,24,28). The smallest absolute Gasteiger partial charge is 0.247 e. The van der Waals surface area contributed by atoms with Crippen molar-refractivity contribution in [1.29, 1.82) is 0 Å². The first kappa shape index (κ1) is 22.9. The molecule has 2 amide bonds. The minimum absolute atomic E-state index is 0.114. The van der Waals surface area contributed by atoms with Crippen LogP contribution in [0.4, 0.5) is 10.1 Å². The Hall–Kier alpha value is -2.78. The summed E-state index contributed by atoms with van der Waals surface area (Å²) in [4.78, 5) is 27.9. The Morgan fingerprint density at radius 3 is 2.42 bits per heavy atom. The van der Waals surface area contributed by atoms with Crippen molar-refractivity contribution in [3.8, 4) is 0 Å². The van der Waals surface area contributed by atoms with Gasteiger partial charge in [0.2, 0.25) is 21.8 Å². The summed E-state index contributed by atoms with van der Waals surface area (Å²) in [6.45, 7) is 4.87. The Labute approximate surface area is 181 Å². The summed E-state index contributed by atoms with van der Waals surface area (Å²) in [6, 6.07) is 11.3. The minimum Gasteiger partial charge on any atom is -0.350 e. The third-order valence-electron chi connectivity index (χ3n) is 5.47. The number of anilines is 1. The van der Waals surface area contributed by atoms with Crippen molar-refractivity contribution < 1.29 is 22.4 Å². The summed E-state index contributed by atoms with van der Waals surface area (Å²) >= 11 is 0. The molecule has 2 aromatic rings. The number of piperazine rings is 1. The van der Waals surface area contributed by atoms with Crippen molar-refractivity contribution in [3.63, 3.8) is 0 Å². The first-order valence-corrected chi connectivity index (χ1v) is 11.6. The average molecular weight is 448 g/mol. The number of hydrogen-bond acceptors (Lipinski definition) is 4. The molecule has 1 heterocycles. The van der Waals surface area contributed by atoms with Gasteiger partial charge in [0, 0.05) is 18.8 Å². The topological polar surface area (TPSA) is 86.8 Å². The molecule has 1 fully saturated rings. The van der Waals surface area contributed by atoms with Crippen LogP contribution in [-0.4, -0.2) is 49.4 Å². The van der Waals surface area contributed by atoms with Crippen LogP contribution in [0.1, 0.15) is 23.6 Å². The van der Waals surface area contributed by atoms with E-state index in [1.807, 2.05) is 32.0 Å². The highest BCUT2D eigenvalue weighted by molar-refractivity contribution is 7.88. The zero-order valence-corrected chi connectivity index (χ0v) is 18.8. The molecule has 0 bridgehead atoms. The van der Waals surface area contributed by atoms with E-state index < -0.39 is 27.4 Å². The van der Waals surface area contributed by atoms with E-state index in [1.165, 1.54) is 17.0 Å². The molecule has 3 rings (SSSR count). The fourth-order valence-electron chi connectivity index (χ4n) is 3.71. The second-order valence-electron chi connectivity index (χ2n) is 8.13. The number of benzene rings is 2. The summed E-state index contributed by atoms with van der Waals surface area (Å²) in [7, 11) is -3.69. The molecule has 166 valence electrons. The van der Waals surface area contributed by atoms with Crippen LogP contribution < -0.4 is 10.2 Å². The second kappa shape index (κ2) is 8.39. The van der Waals surface area contributed by atoms with Gasteiger partial charge in [0.05, 0.1) is 12.8 Å². The van der Waals surface area contributed by atoms with Crippen LogP contribution in [-0.2, 0) is 26.2 Å². The van der Waals surface area contributed by atoms with Crippen LogP contribution in [0.25, 0.3) is 0 Å². The van der Waals surface area contributed by atoms with Crippen molar-refractivity contribution in [1.82, 2.24) is 9.62 Å². The molecule has 1 N–H and O–H groups in total. The third kappa shape index (κ3) is 4.77. The van der Waals surface area contributed by atoms with E-state index in [0.29, 0.717) is 11.3 Å². The highest BCUT2D eigenvalue weighted by Crippen LogP contribution is 2.33. The lowest BCUT2D eigenvalue weighted by molar-refractivity contribution is -0.133. The summed E-state index contributed by atoms with van der Waals surface area (Å²) in [5.74, 6) is -1.37. The SMILES string of the molecule is Cc1ccc(C)c(N2C(=O)CN(S(C)(=O)=O)CC2(C)C(=O)NCc2ccc(F)cc2)c1. The zero-order chi connectivity index (χ0) is 23.0. The number of nitrogens with zero attached hydrogens (tertiary/aromatic N) is 2. The molecule has 7 nitrogen and oxygen atoms in total. The van der Waals surface area contributed by atoms with Gasteiger partial charge in [0.25, 0.3) is 0 Å². The fourth-order valence-corrected chi connectivity index (χ4v) is 4.54. The Morgan fingerprint density at radius 1 is 1.16 bits per heavy atom. The maximum absolute atomic E-state index is 13.4. The summed E-state index contributed by atoms with van der Waals surface area (Å²) in [5, 5.41) is 2.78. The Balaban J connectivity index is 1.99. The molecule has 9 heteroatoms. The van der Waals surface area contributed by atoms with Crippen LogP contribution in [0.5, 0.6) is 0 Å². The van der Waals surface area contributed by atoms with E-state index in [-0.39, 0.29) is 25.5 Å². The quantitative estimate of drug-likeness (QED) is 0.761. The molecule has 0 spiro atoms. The normalized spacial score (nSPS) is 20.0. The highest BCUT2D eigenvalue weighted by Gasteiger charge is 2.50. The Morgan fingerprint density at radius 2 is 1.81 bits per heavy atom. The molecule has 0 aromatic heterocycles. The monoisotopic (exact) mass is 447 g/mol. The molecule has 1 saturated heterocycles. The molecule has 1 unspecified atom stereocenters. The molecule has 2 aromatic carbocycles. The number of aryl methyl sites for hydroxylation is 2. The van der Waals surface area contributed by atoms with Crippen LogP contribution >= 0.6 is 0 Å². The molecule has 1 aliphatic heterocycles. The van der Waals surface area contributed by atoms with Crippen LogP contribution in [0, 0.1) is 19.7 Å². The van der Waals surface area contributed by atoms with Gasteiger partial charge in [-0.05, 0) is 55.7 Å². The number of sulfonamides is 1. The molecular weight excluding hydrogens is 421 g/mol. The Bertz CT molecular complexity index is 1120. The van der Waals surface area contributed by atoms with Crippen molar-refractivity contribution in [3.05, 3.63) is 65.0 Å². The zero-order valence-electron chi connectivity index (χ0n) is 18.0. The first-order chi connectivity index (χ1) is 14.4. The van der Waals surface area contributed by atoms with Gasteiger partial charge in [-0.25, -0.2) is 12.8 Å². The number of halogens is 1. The number of carbonyl (C=O) groups excluding carboxylic acids is 2. The number of amides is 2. The van der Waals surface area contributed by atoms with E-state index in [2.05, 4.69) is 5.32 Å². The van der Waals surface area contributed by atoms with E-state index in [9.17, 15) is 22.4 Å². The van der Waals surface area contributed by atoms with Crippen LogP contribution in [0.2, 0.25) is 0 Å². The lowest BCUT2D eigenvalue weighted by Crippen LogP contribution is -2.70. The third-order valence-corrected chi connectivity index (χ3v) is 6.67. The number of nitrogens with one attached hydrogen (secondary N) is 1. The summed E-state index contributed by atoms with van der Waals surface area (Å²) in [6.07, 6.45) is 1.02. The van der Waals surface area contributed by atoms with Gasteiger partial charge in [-0.1, -0.05) is 24.3 Å². The first-order valence-electron chi connectivity index (χ1n) is 9.80. The molecule has 0 saturated carbocycles. The lowest BCUT2D eigenvalue weighted by atomic mass is 9.93. The Kier molecular flexibility index (Phi) is 6.20. The van der Waals surface area contributed by atoms with Gasteiger partial charge in [-0.2, -0.15) is 4.31 Å². The molecule has 31 heavy (non-hydrogen) atoms. The van der Waals surface area contributed by atoms with E-state index in [0.717, 1.165) is 21.7 Å². The number of carbonyl (C=O) groups is 2. The van der Waals surface area contributed by atoms with Crippen molar-refractivity contribution >= 4 is 27.5 Å². The van der Waals surface area contributed by atoms with E-state index in [1.54, 1.807) is 19.1 Å². The molecule has 1 aliphatic rings. The summed E-state index contributed by atoms with van der Waals surface area (Å²) in [5.41, 5.74) is 1.48. The van der Waals surface area contributed by atoms with Gasteiger partial charge < -0.3 is 5.32 Å². The maximum atomic E-state index is 13.4. The van der Waals surface area contributed by atoms with Gasteiger partial charge in [-0.3, -0.25) is 14.5 Å². The second-order valence-corrected chi connectivity index (χ2v) is 10.1. The predicted molar refractivity (Wildman–Crippen MR) is 116 cm³/mol. The lowest BCUT2D eigenvalue weighted by Gasteiger charge is -2.47. The van der Waals surface area contributed by atoms with Gasteiger partial charge in [0.15, 0.2) is 0 Å². The van der Waals surface area contributed by atoms with Crippen molar-refractivity contribution in [2.45, 2.75) is 32.9 Å². The largest absolute Gasteiger partial charge is 0.350 e. The molecule has 1 atom stereocenters. The van der Waals surface area contributed by atoms with Crippen LogP contribution in [0.15, 0.2) is 42.5 Å². The highest BCUT2D eigenvalue weighted by atomic mass is 32.2.